The van der Waals surface area contributed by atoms with Crippen LogP contribution in [0.15, 0.2) is 24.3 Å². The summed E-state index contributed by atoms with van der Waals surface area (Å²) in [6.07, 6.45) is 3.00. The van der Waals surface area contributed by atoms with Crippen LogP contribution < -0.4 is 11.5 Å². The molecular weight excluding hydrogens is 370 g/mol. The van der Waals surface area contributed by atoms with Crippen LogP contribution in [0.4, 0.5) is 0 Å². The maximum absolute atomic E-state index is 13.2. The van der Waals surface area contributed by atoms with Gasteiger partial charge in [0.25, 0.3) is 5.91 Å². The third-order valence-corrected chi connectivity index (χ3v) is 6.11. The lowest BCUT2D eigenvalue weighted by Crippen LogP contribution is -2.55. The second-order valence-corrected chi connectivity index (χ2v) is 9.16. The minimum atomic E-state index is -1.49. The summed E-state index contributed by atoms with van der Waals surface area (Å²) >= 11 is 0. The van der Waals surface area contributed by atoms with Crippen LogP contribution in [0.2, 0.25) is 0 Å². The van der Waals surface area contributed by atoms with Gasteiger partial charge in [0.2, 0.25) is 11.5 Å². The number of nitrogens with two attached hydrogens (primary N) is 2. The lowest BCUT2D eigenvalue weighted by molar-refractivity contribution is -0.176. The summed E-state index contributed by atoms with van der Waals surface area (Å²) in [6, 6.07) is 5.94. The molecule has 3 atom stereocenters. The zero-order chi connectivity index (χ0) is 21.4. The summed E-state index contributed by atoms with van der Waals surface area (Å²) in [6.45, 7) is 6.11. The van der Waals surface area contributed by atoms with Gasteiger partial charge in [-0.1, -0.05) is 45.0 Å². The molecule has 1 heterocycles. The Morgan fingerprint density at radius 2 is 1.90 bits per heavy atom. The van der Waals surface area contributed by atoms with Crippen LogP contribution in [0.1, 0.15) is 57.6 Å². The van der Waals surface area contributed by atoms with Crippen molar-refractivity contribution in [1.82, 2.24) is 4.90 Å². The van der Waals surface area contributed by atoms with E-state index in [1.165, 1.54) is 4.90 Å². The number of rotatable bonds is 4. The van der Waals surface area contributed by atoms with Gasteiger partial charge in [0, 0.05) is 18.5 Å². The van der Waals surface area contributed by atoms with Crippen molar-refractivity contribution in [2.75, 3.05) is 6.54 Å². The molecule has 1 aromatic rings. The second-order valence-electron chi connectivity index (χ2n) is 9.16. The summed E-state index contributed by atoms with van der Waals surface area (Å²) in [5.74, 6) is -1.54. The van der Waals surface area contributed by atoms with Crippen LogP contribution in [0.5, 0.6) is 0 Å². The van der Waals surface area contributed by atoms with E-state index >= 15 is 0 Å². The fourth-order valence-corrected chi connectivity index (χ4v) is 4.27. The van der Waals surface area contributed by atoms with Crippen LogP contribution in [0.3, 0.4) is 0 Å². The molecular formula is C22H31N3O4. The smallest absolute Gasteiger partial charge is 0.330 e. The molecule has 1 aromatic carbocycles. The Morgan fingerprint density at radius 3 is 2.55 bits per heavy atom. The van der Waals surface area contributed by atoms with Gasteiger partial charge in [-0.05, 0) is 36.7 Å². The molecule has 0 saturated carbocycles. The predicted octanol–water partition coefficient (Wildman–Crippen LogP) is 1.61. The zero-order valence-electron chi connectivity index (χ0n) is 17.4. The minimum absolute atomic E-state index is 0.269. The highest BCUT2D eigenvalue weighted by Crippen LogP contribution is 2.39. The Bertz CT molecular complexity index is 817. The van der Waals surface area contributed by atoms with Crippen molar-refractivity contribution in [3.05, 3.63) is 35.4 Å². The van der Waals surface area contributed by atoms with E-state index < -0.39 is 35.0 Å². The summed E-state index contributed by atoms with van der Waals surface area (Å²) < 4.78 is 5.85. The van der Waals surface area contributed by atoms with E-state index in [4.69, 9.17) is 16.2 Å². The van der Waals surface area contributed by atoms with Crippen molar-refractivity contribution in [1.29, 1.82) is 0 Å². The molecule has 1 aliphatic carbocycles. The Hall–Kier alpha value is -2.41. The van der Waals surface area contributed by atoms with Crippen LogP contribution in [0, 0.1) is 5.41 Å². The number of likely N-dealkylation sites (tertiary alicyclic amines) is 1. The fourth-order valence-electron chi connectivity index (χ4n) is 4.27. The highest BCUT2D eigenvalue weighted by Gasteiger charge is 2.48. The van der Waals surface area contributed by atoms with E-state index in [2.05, 4.69) is 0 Å². The number of carbonyl (C=O) groups excluding carboxylic acids is 3. The Labute approximate surface area is 171 Å². The summed E-state index contributed by atoms with van der Waals surface area (Å²) in [5.41, 5.74) is 11.6. The van der Waals surface area contributed by atoms with Gasteiger partial charge in [-0.2, -0.15) is 0 Å². The van der Waals surface area contributed by atoms with Crippen LogP contribution in [-0.2, 0) is 31.1 Å². The van der Waals surface area contributed by atoms with Crippen molar-refractivity contribution in [3.63, 3.8) is 0 Å². The van der Waals surface area contributed by atoms with Gasteiger partial charge in [-0.3, -0.25) is 9.59 Å². The van der Waals surface area contributed by atoms with Gasteiger partial charge in [-0.15, -0.1) is 0 Å². The van der Waals surface area contributed by atoms with Crippen molar-refractivity contribution in [2.24, 2.45) is 16.9 Å². The normalized spacial score (nSPS) is 25.2. The number of carbonyl (C=O) groups is 3. The number of hydrogen-bond acceptors (Lipinski definition) is 5. The van der Waals surface area contributed by atoms with Crippen LogP contribution in [-0.4, -0.2) is 41.3 Å². The zero-order valence-corrected chi connectivity index (χ0v) is 17.4. The minimum Gasteiger partial charge on any atom is -0.442 e. The predicted molar refractivity (Wildman–Crippen MR) is 109 cm³/mol. The second kappa shape index (κ2) is 7.78. The SMILES string of the molecule is CC(C)(C)C(N)C(=O)N1CCCC1C(=O)OC1(C(N)=O)CCCc2ccccc21. The number of aryl methyl sites for hydroxylation is 1. The molecule has 0 spiro atoms. The highest BCUT2D eigenvalue weighted by molar-refractivity contribution is 5.92. The maximum atomic E-state index is 13.2. The van der Waals surface area contributed by atoms with Gasteiger partial charge < -0.3 is 21.1 Å². The molecule has 2 aliphatic rings. The molecule has 1 fully saturated rings. The molecule has 1 aliphatic heterocycles. The first-order valence-electron chi connectivity index (χ1n) is 10.2. The first-order chi connectivity index (χ1) is 13.6. The third-order valence-electron chi connectivity index (χ3n) is 6.11. The van der Waals surface area contributed by atoms with Crippen molar-refractivity contribution in [3.8, 4) is 0 Å². The van der Waals surface area contributed by atoms with Crippen molar-refractivity contribution >= 4 is 17.8 Å². The van der Waals surface area contributed by atoms with Gasteiger partial charge in [-0.25, -0.2) is 4.79 Å². The molecule has 29 heavy (non-hydrogen) atoms. The topological polar surface area (TPSA) is 116 Å². The van der Waals surface area contributed by atoms with E-state index in [9.17, 15) is 14.4 Å². The fraction of sp³-hybridized carbons (Fsp3) is 0.591. The molecule has 2 amide bonds. The molecule has 7 nitrogen and oxygen atoms in total. The number of nitrogens with zero attached hydrogens (tertiary/aromatic N) is 1. The molecule has 0 radical (unpaired) electrons. The van der Waals surface area contributed by atoms with Crippen LogP contribution in [0.25, 0.3) is 0 Å². The third kappa shape index (κ3) is 3.88. The average Bonchev–Trinajstić information content (AvgIpc) is 3.16. The quantitative estimate of drug-likeness (QED) is 0.744. The highest BCUT2D eigenvalue weighted by atomic mass is 16.6. The number of benzene rings is 1. The van der Waals surface area contributed by atoms with Crippen molar-refractivity contribution in [2.45, 2.75) is 70.6 Å². The van der Waals surface area contributed by atoms with E-state index in [1.807, 2.05) is 39.0 Å². The molecule has 158 valence electrons. The summed E-state index contributed by atoms with van der Waals surface area (Å²) in [4.78, 5) is 40.1. The number of primary amides is 1. The number of fused-ring (bicyclic) bond motifs is 1. The van der Waals surface area contributed by atoms with Gasteiger partial charge in [0.15, 0.2) is 0 Å². The monoisotopic (exact) mass is 401 g/mol. The van der Waals surface area contributed by atoms with E-state index in [-0.39, 0.29) is 5.91 Å². The summed E-state index contributed by atoms with van der Waals surface area (Å²) in [7, 11) is 0. The van der Waals surface area contributed by atoms with Gasteiger partial charge in [0.05, 0.1) is 6.04 Å². The first kappa shape index (κ1) is 21.3. The van der Waals surface area contributed by atoms with E-state index in [0.717, 1.165) is 12.0 Å². The van der Waals surface area contributed by atoms with Crippen molar-refractivity contribution < 1.29 is 19.1 Å². The molecule has 7 heteroatoms. The lowest BCUT2D eigenvalue weighted by Gasteiger charge is -2.38. The maximum Gasteiger partial charge on any atom is 0.330 e. The number of ether oxygens (including phenoxy) is 1. The van der Waals surface area contributed by atoms with E-state index in [1.54, 1.807) is 6.07 Å². The Morgan fingerprint density at radius 1 is 1.21 bits per heavy atom. The summed E-state index contributed by atoms with van der Waals surface area (Å²) in [5, 5.41) is 0. The number of amides is 2. The molecule has 0 bridgehead atoms. The molecule has 3 unspecified atom stereocenters. The van der Waals surface area contributed by atoms with E-state index in [0.29, 0.717) is 37.8 Å². The molecule has 3 rings (SSSR count). The number of esters is 1. The first-order valence-corrected chi connectivity index (χ1v) is 10.2. The molecule has 1 saturated heterocycles. The van der Waals surface area contributed by atoms with Gasteiger partial charge in [0.1, 0.15) is 6.04 Å². The largest absolute Gasteiger partial charge is 0.442 e. The lowest BCUT2D eigenvalue weighted by atomic mass is 9.78. The Balaban J connectivity index is 1.86. The molecule has 0 aromatic heterocycles. The Kier molecular flexibility index (Phi) is 5.72. The van der Waals surface area contributed by atoms with Gasteiger partial charge >= 0.3 is 5.97 Å². The number of hydrogen-bond donors (Lipinski definition) is 2. The van der Waals surface area contributed by atoms with Crippen LogP contribution >= 0.6 is 0 Å². The standard InChI is InChI=1S/C22H31N3O4/c1-21(2,3)17(23)18(26)25-13-7-11-16(25)19(27)29-22(20(24)28)12-6-9-14-8-4-5-10-15(14)22/h4-5,8,10,16-17H,6-7,9,11-13,23H2,1-3H3,(H2,24,28). The average molecular weight is 402 g/mol. The molecule has 4 N–H and O–H groups in total.